The summed E-state index contributed by atoms with van der Waals surface area (Å²) in [5.74, 6) is 0.583. The standard InChI is InChI=1S/C17H15ClN2O5/c1-24-15-7-3-11(9-16(15)25-2)4-8-17(21)19-13-6-5-12(18)10-14(13)20(22)23/h3-10H,1-2H3,(H,19,21). The monoisotopic (exact) mass is 362 g/mol. The fourth-order valence-electron chi connectivity index (χ4n) is 2.06. The molecule has 0 heterocycles. The second-order valence-electron chi connectivity index (χ2n) is 4.86. The number of hydrogen-bond donors (Lipinski definition) is 1. The van der Waals surface area contributed by atoms with E-state index in [-0.39, 0.29) is 16.4 Å². The maximum absolute atomic E-state index is 12.0. The van der Waals surface area contributed by atoms with Crippen LogP contribution in [0.25, 0.3) is 6.08 Å². The Morgan fingerprint density at radius 1 is 1.16 bits per heavy atom. The molecule has 1 N–H and O–H groups in total. The number of carbonyl (C=O) groups is 1. The van der Waals surface area contributed by atoms with Crippen molar-refractivity contribution >= 4 is 35.0 Å². The number of carbonyl (C=O) groups excluding carboxylic acids is 1. The summed E-state index contributed by atoms with van der Waals surface area (Å²) < 4.78 is 10.3. The highest BCUT2D eigenvalue weighted by Crippen LogP contribution is 2.29. The van der Waals surface area contributed by atoms with E-state index in [4.69, 9.17) is 21.1 Å². The topological polar surface area (TPSA) is 90.7 Å². The molecule has 0 saturated carbocycles. The van der Waals surface area contributed by atoms with Gasteiger partial charge in [-0.2, -0.15) is 0 Å². The second-order valence-corrected chi connectivity index (χ2v) is 5.29. The van der Waals surface area contributed by atoms with Gasteiger partial charge in [-0.3, -0.25) is 14.9 Å². The van der Waals surface area contributed by atoms with Crippen molar-refractivity contribution in [1.29, 1.82) is 0 Å². The molecule has 25 heavy (non-hydrogen) atoms. The van der Waals surface area contributed by atoms with Crippen molar-refractivity contribution in [2.24, 2.45) is 0 Å². The molecule has 0 fully saturated rings. The van der Waals surface area contributed by atoms with Crippen LogP contribution in [0.1, 0.15) is 5.56 Å². The van der Waals surface area contributed by atoms with Crippen LogP contribution in [0.2, 0.25) is 5.02 Å². The SMILES string of the molecule is COc1ccc(C=CC(=O)Nc2ccc(Cl)cc2[N+](=O)[O-])cc1OC. The maximum Gasteiger partial charge on any atom is 0.294 e. The first kappa shape index (κ1) is 18.3. The Hall–Kier alpha value is -3.06. The van der Waals surface area contributed by atoms with Gasteiger partial charge in [0.2, 0.25) is 5.91 Å². The number of amides is 1. The van der Waals surface area contributed by atoms with Gasteiger partial charge in [-0.1, -0.05) is 17.7 Å². The van der Waals surface area contributed by atoms with Crippen molar-refractivity contribution in [3.8, 4) is 11.5 Å². The van der Waals surface area contributed by atoms with Gasteiger partial charge in [0.1, 0.15) is 5.69 Å². The third kappa shape index (κ3) is 4.71. The van der Waals surface area contributed by atoms with Gasteiger partial charge in [0.25, 0.3) is 5.69 Å². The number of nitro groups is 1. The van der Waals surface area contributed by atoms with E-state index in [0.717, 1.165) is 0 Å². The molecule has 7 nitrogen and oxygen atoms in total. The van der Waals surface area contributed by atoms with Crippen molar-refractivity contribution in [1.82, 2.24) is 0 Å². The van der Waals surface area contributed by atoms with E-state index in [2.05, 4.69) is 5.32 Å². The van der Waals surface area contributed by atoms with Gasteiger partial charge in [0.15, 0.2) is 11.5 Å². The largest absolute Gasteiger partial charge is 0.493 e. The third-order valence-electron chi connectivity index (χ3n) is 3.25. The summed E-state index contributed by atoms with van der Waals surface area (Å²) in [6.45, 7) is 0. The van der Waals surface area contributed by atoms with Gasteiger partial charge in [-0.15, -0.1) is 0 Å². The Morgan fingerprint density at radius 2 is 1.88 bits per heavy atom. The molecular formula is C17H15ClN2O5. The number of nitrogens with zero attached hydrogens (tertiary/aromatic N) is 1. The highest BCUT2D eigenvalue weighted by molar-refractivity contribution is 6.31. The van der Waals surface area contributed by atoms with Crippen LogP contribution in [0.5, 0.6) is 11.5 Å². The lowest BCUT2D eigenvalue weighted by Crippen LogP contribution is -2.09. The van der Waals surface area contributed by atoms with Gasteiger partial charge < -0.3 is 14.8 Å². The first-order valence-corrected chi connectivity index (χ1v) is 7.47. The molecule has 0 aliphatic carbocycles. The average molecular weight is 363 g/mol. The fraction of sp³-hybridized carbons (Fsp3) is 0.118. The second kappa shape index (κ2) is 8.16. The molecule has 0 aliphatic heterocycles. The summed E-state index contributed by atoms with van der Waals surface area (Å²) in [4.78, 5) is 22.4. The Labute approximate surface area is 149 Å². The molecule has 0 saturated heterocycles. The number of nitro benzene ring substituents is 1. The number of ether oxygens (including phenoxy) is 2. The predicted octanol–water partition coefficient (Wildman–Crippen LogP) is 3.92. The van der Waals surface area contributed by atoms with Crippen LogP contribution in [-0.4, -0.2) is 25.1 Å². The van der Waals surface area contributed by atoms with Crippen LogP contribution in [0, 0.1) is 10.1 Å². The number of rotatable bonds is 6. The van der Waals surface area contributed by atoms with Gasteiger partial charge in [0.05, 0.1) is 19.1 Å². The number of anilines is 1. The summed E-state index contributed by atoms with van der Waals surface area (Å²) in [5, 5.41) is 13.7. The van der Waals surface area contributed by atoms with Crippen molar-refractivity contribution in [2.75, 3.05) is 19.5 Å². The van der Waals surface area contributed by atoms with Gasteiger partial charge >= 0.3 is 0 Å². The van der Waals surface area contributed by atoms with Crippen LogP contribution in [-0.2, 0) is 4.79 Å². The number of methoxy groups -OCH3 is 2. The summed E-state index contributed by atoms with van der Waals surface area (Å²) in [6.07, 6.45) is 2.82. The first-order chi connectivity index (χ1) is 11.9. The lowest BCUT2D eigenvalue weighted by molar-refractivity contribution is -0.383. The summed E-state index contributed by atoms with van der Waals surface area (Å²) >= 11 is 5.74. The molecule has 0 unspecified atom stereocenters. The lowest BCUT2D eigenvalue weighted by atomic mass is 10.2. The molecule has 2 rings (SSSR count). The van der Waals surface area contributed by atoms with Crippen molar-refractivity contribution < 1.29 is 19.2 Å². The van der Waals surface area contributed by atoms with Crippen LogP contribution < -0.4 is 14.8 Å². The van der Waals surface area contributed by atoms with E-state index in [9.17, 15) is 14.9 Å². The minimum atomic E-state index is -0.612. The number of halogens is 1. The molecule has 1 amide bonds. The van der Waals surface area contributed by atoms with Crippen LogP contribution in [0.4, 0.5) is 11.4 Å². The Kier molecular flexibility index (Phi) is 5.97. The Bertz CT molecular complexity index is 836. The molecule has 2 aromatic rings. The molecule has 0 spiro atoms. The number of nitrogens with one attached hydrogen (secondary N) is 1. The van der Waals surface area contributed by atoms with Gasteiger partial charge in [-0.05, 0) is 35.9 Å². The number of hydrogen-bond acceptors (Lipinski definition) is 5. The smallest absolute Gasteiger partial charge is 0.294 e. The van der Waals surface area contributed by atoms with Crippen molar-refractivity contribution in [3.05, 3.63) is 63.2 Å². The first-order valence-electron chi connectivity index (χ1n) is 7.09. The zero-order chi connectivity index (χ0) is 18.4. The van der Waals surface area contributed by atoms with Crippen LogP contribution >= 0.6 is 11.6 Å². The molecule has 0 aromatic heterocycles. The summed E-state index contributed by atoms with van der Waals surface area (Å²) in [5.41, 5.74) is 0.495. The van der Waals surface area contributed by atoms with Crippen LogP contribution in [0.15, 0.2) is 42.5 Å². The highest BCUT2D eigenvalue weighted by Gasteiger charge is 2.15. The lowest BCUT2D eigenvalue weighted by Gasteiger charge is -2.07. The van der Waals surface area contributed by atoms with Gasteiger partial charge in [0, 0.05) is 17.2 Å². The summed E-state index contributed by atoms with van der Waals surface area (Å²) in [6, 6.07) is 9.17. The molecule has 0 radical (unpaired) electrons. The minimum Gasteiger partial charge on any atom is -0.493 e. The molecule has 2 aromatic carbocycles. The molecule has 0 bridgehead atoms. The maximum atomic E-state index is 12.0. The molecule has 8 heteroatoms. The average Bonchev–Trinajstić information content (AvgIpc) is 2.61. The van der Waals surface area contributed by atoms with E-state index in [1.165, 1.54) is 38.5 Å². The molecular weight excluding hydrogens is 348 g/mol. The molecule has 0 atom stereocenters. The summed E-state index contributed by atoms with van der Waals surface area (Å²) in [7, 11) is 3.04. The highest BCUT2D eigenvalue weighted by atomic mass is 35.5. The van der Waals surface area contributed by atoms with E-state index in [1.54, 1.807) is 24.3 Å². The van der Waals surface area contributed by atoms with E-state index < -0.39 is 10.8 Å². The van der Waals surface area contributed by atoms with E-state index in [1.807, 2.05) is 0 Å². The minimum absolute atomic E-state index is 0.0661. The van der Waals surface area contributed by atoms with Crippen molar-refractivity contribution in [3.63, 3.8) is 0 Å². The van der Waals surface area contributed by atoms with E-state index >= 15 is 0 Å². The molecule has 0 aliphatic rings. The zero-order valence-corrected chi connectivity index (χ0v) is 14.2. The normalized spacial score (nSPS) is 10.5. The zero-order valence-electron chi connectivity index (χ0n) is 13.5. The van der Waals surface area contributed by atoms with Gasteiger partial charge in [-0.25, -0.2) is 0 Å². The third-order valence-corrected chi connectivity index (χ3v) is 3.48. The van der Waals surface area contributed by atoms with Crippen LogP contribution in [0.3, 0.4) is 0 Å². The van der Waals surface area contributed by atoms with E-state index in [0.29, 0.717) is 17.1 Å². The Morgan fingerprint density at radius 3 is 2.52 bits per heavy atom. The van der Waals surface area contributed by atoms with Crippen molar-refractivity contribution in [2.45, 2.75) is 0 Å². The quantitative estimate of drug-likeness (QED) is 0.478. The predicted molar refractivity (Wildman–Crippen MR) is 95.3 cm³/mol. The molecule has 130 valence electrons. The number of benzene rings is 2. The Balaban J connectivity index is 2.15. The fourth-order valence-corrected chi connectivity index (χ4v) is 2.23.